The molecule has 1 amide bonds. The average Bonchev–Trinajstić information content (AvgIpc) is 2.47. The molecular weight excluding hydrogens is 240 g/mol. The molecule has 3 rings (SSSR count). The summed E-state index contributed by atoms with van der Waals surface area (Å²) in [7, 11) is 0. The maximum absolute atomic E-state index is 12.4. The number of carbonyl (C=O) groups is 1. The van der Waals surface area contributed by atoms with E-state index in [2.05, 4.69) is 6.07 Å². The lowest BCUT2D eigenvalue weighted by Crippen LogP contribution is -2.44. The molecule has 1 aromatic carbocycles. The molecule has 102 valence electrons. The molecule has 1 fully saturated rings. The van der Waals surface area contributed by atoms with E-state index in [0.717, 1.165) is 37.9 Å². The third kappa shape index (κ3) is 2.45. The van der Waals surface area contributed by atoms with Gasteiger partial charge in [-0.05, 0) is 42.9 Å². The molecule has 19 heavy (non-hydrogen) atoms. The Morgan fingerprint density at radius 3 is 3.05 bits per heavy atom. The normalized spacial score (nSPS) is 22.9. The Kier molecular flexibility index (Phi) is 3.42. The standard InChI is InChI=1S/C15H20N2O2/c16-13-5-3-4-11-10-17(8-7-12(11)13)15(18)14-6-1-2-9-19-14/h3-5,14H,1-2,6-10,16H2. The van der Waals surface area contributed by atoms with Crippen LogP contribution in [0.5, 0.6) is 0 Å². The van der Waals surface area contributed by atoms with E-state index in [4.69, 9.17) is 10.5 Å². The van der Waals surface area contributed by atoms with Gasteiger partial charge >= 0.3 is 0 Å². The van der Waals surface area contributed by atoms with E-state index in [0.29, 0.717) is 13.2 Å². The minimum atomic E-state index is -0.226. The van der Waals surface area contributed by atoms with Crippen LogP contribution in [0.15, 0.2) is 18.2 Å². The summed E-state index contributed by atoms with van der Waals surface area (Å²) in [4.78, 5) is 14.3. The second kappa shape index (κ2) is 5.21. The van der Waals surface area contributed by atoms with Gasteiger partial charge in [-0.15, -0.1) is 0 Å². The second-order valence-corrected chi connectivity index (χ2v) is 5.35. The number of nitrogens with zero attached hydrogens (tertiary/aromatic N) is 1. The lowest BCUT2D eigenvalue weighted by atomic mass is 9.97. The van der Waals surface area contributed by atoms with Crippen LogP contribution < -0.4 is 5.73 Å². The third-order valence-electron chi connectivity index (χ3n) is 4.07. The number of hydrogen-bond donors (Lipinski definition) is 1. The Balaban J connectivity index is 1.73. The van der Waals surface area contributed by atoms with E-state index in [9.17, 15) is 4.79 Å². The number of fused-ring (bicyclic) bond motifs is 1. The maximum atomic E-state index is 12.4. The minimum Gasteiger partial charge on any atom is -0.398 e. The Hall–Kier alpha value is -1.55. The summed E-state index contributed by atoms with van der Waals surface area (Å²) in [5.41, 5.74) is 9.20. The highest BCUT2D eigenvalue weighted by Gasteiger charge is 2.29. The monoisotopic (exact) mass is 260 g/mol. The Morgan fingerprint density at radius 2 is 2.26 bits per heavy atom. The van der Waals surface area contributed by atoms with Gasteiger partial charge < -0.3 is 15.4 Å². The van der Waals surface area contributed by atoms with Gasteiger partial charge in [0.05, 0.1) is 0 Å². The van der Waals surface area contributed by atoms with Crippen molar-refractivity contribution in [1.82, 2.24) is 4.90 Å². The van der Waals surface area contributed by atoms with Crippen molar-refractivity contribution >= 4 is 11.6 Å². The first-order valence-electron chi connectivity index (χ1n) is 7.02. The molecule has 1 saturated heterocycles. The molecule has 0 bridgehead atoms. The van der Waals surface area contributed by atoms with Gasteiger partial charge in [0.15, 0.2) is 0 Å². The number of benzene rings is 1. The van der Waals surface area contributed by atoms with Crippen LogP contribution in [0.25, 0.3) is 0 Å². The van der Waals surface area contributed by atoms with Crippen LogP contribution in [0.4, 0.5) is 5.69 Å². The second-order valence-electron chi connectivity index (χ2n) is 5.35. The first kappa shape index (κ1) is 12.5. The molecule has 1 aromatic rings. The van der Waals surface area contributed by atoms with Gasteiger partial charge in [0, 0.05) is 25.4 Å². The zero-order valence-corrected chi connectivity index (χ0v) is 11.1. The SMILES string of the molecule is Nc1cccc2c1CCN(C(=O)C1CCCCO1)C2. The first-order valence-corrected chi connectivity index (χ1v) is 7.02. The molecule has 1 atom stereocenters. The van der Waals surface area contributed by atoms with Crippen molar-refractivity contribution in [2.75, 3.05) is 18.9 Å². The predicted molar refractivity (Wildman–Crippen MR) is 73.6 cm³/mol. The largest absolute Gasteiger partial charge is 0.398 e. The molecule has 4 heteroatoms. The van der Waals surface area contributed by atoms with Gasteiger partial charge in [0.1, 0.15) is 6.10 Å². The molecule has 4 nitrogen and oxygen atoms in total. The quantitative estimate of drug-likeness (QED) is 0.782. The predicted octanol–water partition coefficient (Wildman–Crippen LogP) is 1.72. The van der Waals surface area contributed by atoms with Crippen LogP contribution in [0.1, 0.15) is 30.4 Å². The molecule has 2 N–H and O–H groups in total. The molecule has 0 aromatic heterocycles. The highest BCUT2D eigenvalue weighted by molar-refractivity contribution is 5.81. The summed E-state index contributed by atoms with van der Waals surface area (Å²) in [6.07, 6.45) is 3.65. The summed E-state index contributed by atoms with van der Waals surface area (Å²) in [6, 6.07) is 5.95. The van der Waals surface area contributed by atoms with Crippen LogP contribution in [0.3, 0.4) is 0 Å². The average molecular weight is 260 g/mol. The van der Waals surface area contributed by atoms with Gasteiger partial charge in [-0.1, -0.05) is 12.1 Å². The lowest BCUT2D eigenvalue weighted by molar-refractivity contribution is -0.147. The number of amides is 1. The number of rotatable bonds is 1. The van der Waals surface area contributed by atoms with E-state index < -0.39 is 0 Å². The fourth-order valence-electron chi connectivity index (χ4n) is 2.97. The number of ether oxygens (including phenoxy) is 1. The summed E-state index contributed by atoms with van der Waals surface area (Å²) >= 11 is 0. The number of nitrogens with two attached hydrogens (primary N) is 1. The zero-order valence-electron chi connectivity index (χ0n) is 11.1. The van der Waals surface area contributed by atoms with Crippen molar-refractivity contribution in [2.45, 2.75) is 38.3 Å². The molecule has 2 aliphatic rings. The van der Waals surface area contributed by atoms with Crippen molar-refractivity contribution in [3.63, 3.8) is 0 Å². The van der Waals surface area contributed by atoms with Crippen molar-refractivity contribution in [3.8, 4) is 0 Å². The first-order chi connectivity index (χ1) is 9.25. The number of hydrogen-bond acceptors (Lipinski definition) is 3. The topological polar surface area (TPSA) is 55.6 Å². The smallest absolute Gasteiger partial charge is 0.252 e. The van der Waals surface area contributed by atoms with Gasteiger partial charge in [-0.2, -0.15) is 0 Å². The van der Waals surface area contributed by atoms with Gasteiger partial charge in [-0.25, -0.2) is 0 Å². The van der Waals surface area contributed by atoms with Crippen LogP contribution in [-0.4, -0.2) is 30.1 Å². The van der Waals surface area contributed by atoms with Gasteiger partial charge in [0.2, 0.25) is 0 Å². The van der Waals surface area contributed by atoms with E-state index >= 15 is 0 Å². The van der Waals surface area contributed by atoms with Crippen LogP contribution in [0, 0.1) is 0 Å². The van der Waals surface area contributed by atoms with Crippen molar-refractivity contribution in [3.05, 3.63) is 29.3 Å². The molecule has 0 spiro atoms. The lowest BCUT2D eigenvalue weighted by Gasteiger charge is -2.33. The number of anilines is 1. The van der Waals surface area contributed by atoms with E-state index in [1.807, 2.05) is 17.0 Å². The molecule has 0 radical (unpaired) electrons. The highest BCUT2D eigenvalue weighted by atomic mass is 16.5. The minimum absolute atomic E-state index is 0.146. The van der Waals surface area contributed by atoms with E-state index in [1.54, 1.807) is 0 Å². The van der Waals surface area contributed by atoms with E-state index in [-0.39, 0.29) is 12.0 Å². The Bertz CT molecular complexity index is 481. The van der Waals surface area contributed by atoms with Gasteiger partial charge in [0.25, 0.3) is 5.91 Å². The maximum Gasteiger partial charge on any atom is 0.252 e. The van der Waals surface area contributed by atoms with Crippen LogP contribution >= 0.6 is 0 Å². The summed E-state index contributed by atoms with van der Waals surface area (Å²) < 4.78 is 5.59. The zero-order chi connectivity index (χ0) is 13.2. The molecule has 0 saturated carbocycles. The molecule has 1 unspecified atom stereocenters. The molecular formula is C15H20N2O2. The fourth-order valence-corrected chi connectivity index (χ4v) is 2.97. The molecule has 2 heterocycles. The number of nitrogen functional groups attached to an aromatic ring is 1. The van der Waals surface area contributed by atoms with Gasteiger partial charge in [-0.3, -0.25) is 4.79 Å². The number of carbonyl (C=O) groups excluding carboxylic acids is 1. The fraction of sp³-hybridized carbons (Fsp3) is 0.533. The van der Waals surface area contributed by atoms with E-state index in [1.165, 1.54) is 11.1 Å². The Labute approximate surface area is 113 Å². The Morgan fingerprint density at radius 1 is 1.37 bits per heavy atom. The van der Waals surface area contributed by atoms with Crippen molar-refractivity contribution in [1.29, 1.82) is 0 Å². The third-order valence-corrected chi connectivity index (χ3v) is 4.07. The molecule has 2 aliphatic heterocycles. The molecule has 0 aliphatic carbocycles. The summed E-state index contributed by atoms with van der Waals surface area (Å²) in [6.45, 7) is 2.13. The highest BCUT2D eigenvalue weighted by Crippen LogP contribution is 2.25. The van der Waals surface area contributed by atoms with Crippen molar-refractivity contribution < 1.29 is 9.53 Å². The van der Waals surface area contributed by atoms with Crippen LogP contribution in [0.2, 0.25) is 0 Å². The van der Waals surface area contributed by atoms with Crippen molar-refractivity contribution in [2.24, 2.45) is 0 Å². The van der Waals surface area contributed by atoms with Crippen LogP contribution in [-0.2, 0) is 22.5 Å². The summed E-state index contributed by atoms with van der Waals surface area (Å²) in [5.74, 6) is 0.146. The summed E-state index contributed by atoms with van der Waals surface area (Å²) in [5, 5.41) is 0.